The number of hydrogen-bond acceptors (Lipinski definition) is 2. The molecule has 2 aromatic carbocycles. The monoisotopic (exact) mass is 425 g/mol. The third-order valence-electron chi connectivity index (χ3n) is 4.17. The molecular formula is C21H26F3N3OS. The zero-order valence-electron chi connectivity index (χ0n) is 16.5. The minimum absolute atomic E-state index is 0.351. The SMILES string of the molecule is CCNC(=NCCS(=O)Cc1ccccc1)NC(C)c1cccc(C(F)(F)F)c1. The van der Waals surface area contributed by atoms with Crippen molar-refractivity contribution in [3.63, 3.8) is 0 Å². The van der Waals surface area contributed by atoms with Gasteiger partial charge in [0.2, 0.25) is 0 Å². The molecule has 0 bridgehead atoms. The van der Waals surface area contributed by atoms with Gasteiger partial charge >= 0.3 is 6.18 Å². The number of nitrogens with zero attached hydrogens (tertiary/aromatic N) is 1. The van der Waals surface area contributed by atoms with Crippen molar-refractivity contribution < 1.29 is 17.4 Å². The molecule has 0 aliphatic heterocycles. The quantitative estimate of drug-likeness (QED) is 0.491. The predicted octanol–water partition coefficient (Wildman–Crippen LogP) is 4.27. The van der Waals surface area contributed by atoms with E-state index in [0.717, 1.165) is 17.7 Å². The van der Waals surface area contributed by atoms with Gasteiger partial charge in [0, 0.05) is 28.9 Å². The molecule has 8 heteroatoms. The fraction of sp³-hybridized carbons (Fsp3) is 0.381. The summed E-state index contributed by atoms with van der Waals surface area (Å²) in [5.74, 6) is 1.36. The second-order valence-corrected chi connectivity index (χ2v) is 8.10. The minimum Gasteiger partial charge on any atom is -0.357 e. The number of hydrogen-bond donors (Lipinski definition) is 2. The Morgan fingerprint density at radius 3 is 2.52 bits per heavy atom. The molecule has 0 fully saturated rings. The molecule has 0 saturated carbocycles. The molecular weight excluding hydrogens is 399 g/mol. The van der Waals surface area contributed by atoms with Crippen LogP contribution < -0.4 is 10.6 Å². The average Bonchev–Trinajstić information content (AvgIpc) is 2.68. The van der Waals surface area contributed by atoms with Crippen LogP contribution in [0.2, 0.25) is 0 Å². The van der Waals surface area contributed by atoms with E-state index in [4.69, 9.17) is 0 Å². The molecule has 2 atom stereocenters. The van der Waals surface area contributed by atoms with Crippen molar-refractivity contribution in [1.29, 1.82) is 0 Å². The molecule has 4 nitrogen and oxygen atoms in total. The van der Waals surface area contributed by atoms with Crippen LogP contribution in [0.1, 0.15) is 36.6 Å². The van der Waals surface area contributed by atoms with Crippen LogP contribution in [-0.4, -0.2) is 29.0 Å². The number of alkyl halides is 3. The summed E-state index contributed by atoms with van der Waals surface area (Å²) in [4.78, 5) is 4.41. The van der Waals surface area contributed by atoms with Gasteiger partial charge in [0.25, 0.3) is 0 Å². The average molecular weight is 426 g/mol. The van der Waals surface area contributed by atoms with Crippen LogP contribution >= 0.6 is 0 Å². The molecule has 0 heterocycles. The van der Waals surface area contributed by atoms with Crippen molar-refractivity contribution in [3.05, 3.63) is 71.3 Å². The van der Waals surface area contributed by atoms with Gasteiger partial charge in [0.1, 0.15) is 0 Å². The van der Waals surface area contributed by atoms with Crippen LogP contribution in [0.5, 0.6) is 0 Å². The number of aliphatic imine (C=N–C) groups is 1. The third kappa shape index (κ3) is 7.89. The van der Waals surface area contributed by atoms with Crippen molar-refractivity contribution in [2.24, 2.45) is 4.99 Å². The maximum absolute atomic E-state index is 12.9. The third-order valence-corrected chi connectivity index (χ3v) is 5.46. The Hall–Kier alpha value is -2.35. The first kappa shape index (κ1) is 22.9. The molecule has 2 unspecified atom stereocenters. The van der Waals surface area contributed by atoms with E-state index in [1.165, 1.54) is 6.07 Å². The molecule has 0 saturated heterocycles. The number of guanidine groups is 1. The first-order chi connectivity index (χ1) is 13.8. The molecule has 0 spiro atoms. The van der Waals surface area contributed by atoms with E-state index in [1.54, 1.807) is 13.0 Å². The van der Waals surface area contributed by atoms with Gasteiger partial charge in [-0.3, -0.25) is 9.20 Å². The van der Waals surface area contributed by atoms with Crippen LogP contribution in [0.4, 0.5) is 13.2 Å². The Labute approximate surface area is 172 Å². The predicted molar refractivity (Wildman–Crippen MR) is 112 cm³/mol. The van der Waals surface area contributed by atoms with Gasteiger partial charge in [-0.05, 0) is 37.1 Å². The highest BCUT2D eigenvalue weighted by molar-refractivity contribution is 7.84. The van der Waals surface area contributed by atoms with Crippen LogP contribution in [0.3, 0.4) is 0 Å². The van der Waals surface area contributed by atoms with E-state index in [1.807, 2.05) is 37.3 Å². The molecule has 0 aliphatic rings. The second kappa shape index (κ2) is 11.0. The second-order valence-electron chi connectivity index (χ2n) is 6.52. The topological polar surface area (TPSA) is 53.5 Å². The van der Waals surface area contributed by atoms with Gasteiger partial charge in [0.15, 0.2) is 5.96 Å². The summed E-state index contributed by atoms with van der Waals surface area (Å²) in [5.41, 5.74) is 0.845. The zero-order valence-corrected chi connectivity index (χ0v) is 17.3. The zero-order chi connectivity index (χ0) is 21.3. The summed E-state index contributed by atoms with van der Waals surface area (Å²) >= 11 is 0. The van der Waals surface area contributed by atoms with Crippen molar-refractivity contribution >= 4 is 16.8 Å². The normalized spacial score (nSPS) is 14.3. The Bertz CT molecular complexity index is 825. The Morgan fingerprint density at radius 1 is 1.14 bits per heavy atom. The number of benzene rings is 2. The van der Waals surface area contributed by atoms with E-state index < -0.39 is 22.5 Å². The summed E-state index contributed by atoms with van der Waals surface area (Å²) in [6, 6.07) is 14.5. The summed E-state index contributed by atoms with van der Waals surface area (Å²) in [6.45, 7) is 4.63. The van der Waals surface area contributed by atoms with Gasteiger partial charge < -0.3 is 10.6 Å². The highest BCUT2D eigenvalue weighted by atomic mass is 32.2. The standard InChI is InChI=1S/C21H26F3N3OS/c1-3-25-20(26-12-13-29(28)15-17-8-5-4-6-9-17)27-16(2)18-10-7-11-19(14-18)21(22,23)24/h4-11,14,16H,3,12-13,15H2,1-2H3,(H2,25,26,27). The number of nitrogens with one attached hydrogen (secondary N) is 2. The molecule has 2 rings (SSSR count). The van der Waals surface area contributed by atoms with Gasteiger partial charge in [0.05, 0.1) is 18.2 Å². The van der Waals surface area contributed by atoms with Gasteiger partial charge in [-0.1, -0.05) is 42.5 Å². The molecule has 0 aromatic heterocycles. The molecule has 29 heavy (non-hydrogen) atoms. The van der Waals surface area contributed by atoms with E-state index in [0.29, 0.717) is 36.1 Å². The fourth-order valence-corrected chi connectivity index (χ4v) is 3.69. The molecule has 0 amide bonds. The van der Waals surface area contributed by atoms with Gasteiger partial charge in [-0.15, -0.1) is 0 Å². The number of rotatable bonds is 8. The maximum atomic E-state index is 12.9. The lowest BCUT2D eigenvalue weighted by Gasteiger charge is -2.19. The van der Waals surface area contributed by atoms with E-state index in [-0.39, 0.29) is 6.04 Å². The summed E-state index contributed by atoms with van der Waals surface area (Å²) in [6.07, 6.45) is -4.38. The molecule has 158 valence electrons. The Kier molecular flexibility index (Phi) is 8.70. The van der Waals surface area contributed by atoms with Crippen LogP contribution in [0.15, 0.2) is 59.6 Å². The van der Waals surface area contributed by atoms with E-state index >= 15 is 0 Å². The van der Waals surface area contributed by atoms with Crippen molar-refractivity contribution in [1.82, 2.24) is 10.6 Å². The Morgan fingerprint density at radius 2 is 1.86 bits per heavy atom. The van der Waals surface area contributed by atoms with Crippen molar-refractivity contribution in [2.75, 3.05) is 18.8 Å². The largest absolute Gasteiger partial charge is 0.416 e. The first-order valence-corrected chi connectivity index (χ1v) is 10.9. The minimum atomic E-state index is -4.38. The van der Waals surface area contributed by atoms with E-state index in [2.05, 4.69) is 15.6 Å². The number of halogens is 3. The lowest BCUT2D eigenvalue weighted by molar-refractivity contribution is -0.137. The highest BCUT2D eigenvalue weighted by Crippen LogP contribution is 2.30. The van der Waals surface area contributed by atoms with Crippen LogP contribution in [0, 0.1) is 0 Å². The maximum Gasteiger partial charge on any atom is 0.416 e. The molecule has 0 radical (unpaired) electrons. The molecule has 0 aliphatic carbocycles. The van der Waals surface area contributed by atoms with Crippen molar-refractivity contribution in [2.45, 2.75) is 31.8 Å². The van der Waals surface area contributed by atoms with Crippen LogP contribution in [0.25, 0.3) is 0 Å². The molecule has 2 aromatic rings. The van der Waals surface area contributed by atoms with Crippen LogP contribution in [-0.2, 0) is 22.7 Å². The molecule has 2 N–H and O–H groups in total. The van der Waals surface area contributed by atoms with Gasteiger partial charge in [-0.2, -0.15) is 13.2 Å². The summed E-state index contributed by atoms with van der Waals surface area (Å²) < 4.78 is 51.0. The lowest BCUT2D eigenvalue weighted by Crippen LogP contribution is -2.39. The first-order valence-electron chi connectivity index (χ1n) is 9.40. The summed E-state index contributed by atoms with van der Waals surface area (Å²) in [5, 5.41) is 6.18. The van der Waals surface area contributed by atoms with E-state index in [9.17, 15) is 17.4 Å². The Balaban J connectivity index is 1.95. The highest BCUT2D eigenvalue weighted by Gasteiger charge is 2.30. The summed E-state index contributed by atoms with van der Waals surface area (Å²) in [7, 11) is -1.04. The smallest absolute Gasteiger partial charge is 0.357 e. The van der Waals surface area contributed by atoms with Crippen molar-refractivity contribution in [3.8, 4) is 0 Å². The fourth-order valence-electron chi connectivity index (χ4n) is 2.68. The van der Waals surface area contributed by atoms with Gasteiger partial charge in [-0.25, -0.2) is 0 Å². The lowest BCUT2D eigenvalue weighted by atomic mass is 10.1.